The monoisotopic (exact) mass is 345 g/mol. The maximum absolute atomic E-state index is 12.9. The van der Waals surface area contributed by atoms with Gasteiger partial charge in [-0.05, 0) is 23.6 Å². The number of nitriles is 1. The molecule has 0 aliphatic carbocycles. The zero-order valence-corrected chi connectivity index (χ0v) is 13.7. The predicted octanol–water partition coefficient (Wildman–Crippen LogP) is 4.44. The Kier molecular flexibility index (Phi) is 3.84. The van der Waals surface area contributed by atoms with Crippen LogP contribution in [0.1, 0.15) is 22.1 Å². The molecule has 1 aromatic carbocycles. The van der Waals surface area contributed by atoms with Crippen molar-refractivity contribution in [2.75, 3.05) is 0 Å². The molecular weight excluding hydrogens is 334 g/mol. The van der Waals surface area contributed by atoms with Gasteiger partial charge in [0.15, 0.2) is 23.8 Å². The van der Waals surface area contributed by atoms with Crippen LogP contribution in [0.15, 0.2) is 64.7 Å². The molecule has 0 amide bonds. The third kappa shape index (κ3) is 2.71. The number of para-hydroxylation sites is 1. The van der Waals surface area contributed by atoms with Crippen molar-refractivity contribution in [2.45, 2.75) is 5.92 Å². The fraction of sp³-hybridized carbons (Fsp3) is 0.0526. The quantitative estimate of drug-likeness (QED) is 0.511. The van der Waals surface area contributed by atoms with Gasteiger partial charge in [0.05, 0.1) is 22.2 Å². The van der Waals surface area contributed by atoms with Crippen LogP contribution in [0.3, 0.4) is 0 Å². The topological polar surface area (TPSA) is 79.8 Å². The van der Waals surface area contributed by atoms with Crippen molar-refractivity contribution in [3.05, 3.63) is 71.7 Å². The molecule has 0 aliphatic heterocycles. The van der Waals surface area contributed by atoms with Crippen molar-refractivity contribution in [3.63, 3.8) is 0 Å². The number of rotatable bonds is 4. The number of oxazole rings is 1. The van der Waals surface area contributed by atoms with Gasteiger partial charge in [-0.1, -0.05) is 30.3 Å². The number of carbonyl (C=O) groups excluding carboxylic acids is 1. The molecule has 0 radical (unpaired) electrons. The van der Waals surface area contributed by atoms with Gasteiger partial charge in [-0.2, -0.15) is 5.26 Å². The number of fused-ring (bicyclic) bond motifs is 1. The van der Waals surface area contributed by atoms with Crippen LogP contribution in [0.2, 0.25) is 0 Å². The summed E-state index contributed by atoms with van der Waals surface area (Å²) in [6.45, 7) is 0. The number of pyridine rings is 1. The van der Waals surface area contributed by atoms with E-state index < -0.39 is 11.7 Å². The van der Waals surface area contributed by atoms with Crippen molar-refractivity contribution in [1.29, 1.82) is 5.26 Å². The zero-order valence-electron chi connectivity index (χ0n) is 12.9. The number of aromatic nitrogens is 2. The molecular formula is C19H11N3O2S. The number of hydrogen-bond acceptors (Lipinski definition) is 6. The van der Waals surface area contributed by atoms with Crippen molar-refractivity contribution >= 4 is 28.0 Å². The van der Waals surface area contributed by atoms with Gasteiger partial charge in [0.1, 0.15) is 0 Å². The number of Topliss-reactive ketones (excluding diaryl/α,β-unsaturated/α-hetero) is 1. The highest BCUT2D eigenvalue weighted by atomic mass is 32.1. The second kappa shape index (κ2) is 6.30. The number of benzene rings is 1. The van der Waals surface area contributed by atoms with E-state index in [1.54, 1.807) is 6.07 Å². The van der Waals surface area contributed by atoms with Crippen LogP contribution in [0.25, 0.3) is 21.5 Å². The molecule has 0 saturated heterocycles. The van der Waals surface area contributed by atoms with Gasteiger partial charge in [0, 0.05) is 5.39 Å². The lowest BCUT2D eigenvalue weighted by molar-refractivity contribution is 0.0973. The van der Waals surface area contributed by atoms with E-state index in [-0.39, 0.29) is 5.69 Å². The minimum atomic E-state index is -1.03. The molecule has 4 aromatic rings. The highest BCUT2D eigenvalue weighted by Gasteiger charge is 2.29. The second-order valence-electron chi connectivity index (χ2n) is 5.36. The molecule has 3 aromatic heterocycles. The molecule has 1 atom stereocenters. The molecule has 4 rings (SSSR count). The summed E-state index contributed by atoms with van der Waals surface area (Å²) in [6, 6.07) is 16.9. The van der Waals surface area contributed by atoms with Crippen LogP contribution in [0, 0.1) is 11.3 Å². The third-order valence-electron chi connectivity index (χ3n) is 3.85. The van der Waals surface area contributed by atoms with Crippen molar-refractivity contribution in [2.24, 2.45) is 0 Å². The maximum Gasteiger partial charge on any atom is 0.208 e. The summed E-state index contributed by atoms with van der Waals surface area (Å²) in [5.74, 6) is -1.06. The lowest BCUT2D eigenvalue weighted by Gasteiger charge is -2.08. The smallest absolute Gasteiger partial charge is 0.208 e. The van der Waals surface area contributed by atoms with Crippen LogP contribution in [-0.2, 0) is 0 Å². The fourth-order valence-corrected chi connectivity index (χ4v) is 3.36. The Hall–Kier alpha value is -3.30. The number of carbonyl (C=O) groups is 1. The molecule has 0 unspecified atom stereocenters. The average Bonchev–Trinajstić information content (AvgIpc) is 3.33. The summed E-state index contributed by atoms with van der Waals surface area (Å²) in [5.41, 5.74) is 1.31. The summed E-state index contributed by atoms with van der Waals surface area (Å²) in [4.78, 5) is 22.2. The Morgan fingerprint density at radius 3 is 2.84 bits per heavy atom. The second-order valence-corrected chi connectivity index (χ2v) is 6.31. The summed E-state index contributed by atoms with van der Waals surface area (Å²) < 4.78 is 5.38. The number of nitrogens with zero attached hydrogens (tertiary/aromatic N) is 3. The molecule has 0 saturated carbocycles. The van der Waals surface area contributed by atoms with Crippen molar-refractivity contribution in [1.82, 2.24) is 9.97 Å². The lowest BCUT2D eigenvalue weighted by atomic mass is 9.97. The molecule has 0 spiro atoms. The Balaban J connectivity index is 1.75. The van der Waals surface area contributed by atoms with E-state index in [1.807, 2.05) is 47.8 Å². The number of hydrogen-bond donors (Lipinski definition) is 0. The van der Waals surface area contributed by atoms with Gasteiger partial charge in [-0.3, -0.25) is 9.78 Å². The normalized spacial score (nSPS) is 12.0. The van der Waals surface area contributed by atoms with E-state index in [4.69, 9.17) is 4.42 Å². The SMILES string of the molecule is N#C[C@H](C(=O)c1ncoc1-c1cccs1)c1ccc2ccccc2n1. The number of thiophene rings is 1. The van der Waals surface area contributed by atoms with Gasteiger partial charge < -0.3 is 4.42 Å². The Labute approximate surface area is 147 Å². The number of ketones is 1. The molecule has 25 heavy (non-hydrogen) atoms. The van der Waals surface area contributed by atoms with E-state index in [9.17, 15) is 10.1 Å². The van der Waals surface area contributed by atoms with Crippen molar-refractivity contribution in [3.8, 4) is 16.7 Å². The Morgan fingerprint density at radius 1 is 1.16 bits per heavy atom. The molecule has 3 heterocycles. The van der Waals surface area contributed by atoms with Gasteiger partial charge in [0.2, 0.25) is 5.78 Å². The first-order valence-electron chi connectivity index (χ1n) is 7.55. The summed E-state index contributed by atoms with van der Waals surface area (Å²) in [5, 5.41) is 12.4. The van der Waals surface area contributed by atoms with E-state index in [0.717, 1.165) is 15.8 Å². The molecule has 0 fully saturated rings. The summed E-state index contributed by atoms with van der Waals surface area (Å²) in [6.07, 6.45) is 1.23. The fourth-order valence-electron chi connectivity index (χ4n) is 2.64. The van der Waals surface area contributed by atoms with E-state index in [1.165, 1.54) is 17.7 Å². The molecule has 120 valence electrons. The Bertz CT molecular complexity index is 1090. The van der Waals surface area contributed by atoms with Gasteiger partial charge in [-0.25, -0.2) is 4.98 Å². The van der Waals surface area contributed by atoms with Crippen LogP contribution in [0.5, 0.6) is 0 Å². The van der Waals surface area contributed by atoms with Gasteiger partial charge >= 0.3 is 0 Å². The maximum atomic E-state index is 12.9. The molecule has 6 heteroatoms. The van der Waals surface area contributed by atoms with Crippen LogP contribution < -0.4 is 0 Å². The lowest BCUT2D eigenvalue weighted by Crippen LogP contribution is -2.14. The average molecular weight is 345 g/mol. The molecule has 0 bridgehead atoms. The largest absolute Gasteiger partial charge is 0.442 e. The minimum absolute atomic E-state index is 0.156. The first-order valence-corrected chi connectivity index (χ1v) is 8.43. The molecule has 0 aliphatic rings. The summed E-state index contributed by atoms with van der Waals surface area (Å²) >= 11 is 1.44. The molecule has 0 N–H and O–H groups in total. The minimum Gasteiger partial charge on any atom is -0.442 e. The van der Waals surface area contributed by atoms with Crippen LogP contribution >= 0.6 is 11.3 Å². The van der Waals surface area contributed by atoms with Gasteiger partial charge in [0.25, 0.3) is 0 Å². The highest BCUT2D eigenvalue weighted by molar-refractivity contribution is 7.13. The first kappa shape index (κ1) is 15.2. The van der Waals surface area contributed by atoms with Crippen molar-refractivity contribution < 1.29 is 9.21 Å². The first-order chi connectivity index (χ1) is 12.3. The standard InChI is InChI=1S/C19H11N3O2S/c20-10-13(15-8-7-12-4-1-2-5-14(12)22-15)18(23)17-19(24-11-21-17)16-6-3-9-25-16/h1-9,11,13H/t13-/m0/s1. The summed E-state index contributed by atoms with van der Waals surface area (Å²) in [7, 11) is 0. The van der Waals surface area contributed by atoms with Gasteiger partial charge in [-0.15, -0.1) is 11.3 Å². The van der Waals surface area contributed by atoms with Crippen LogP contribution in [-0.4, -0.2) is 15.8 Å². The predicted molar refractivity (Wildman–Crippen MR) is 94.2 cm³/mol. The van der Waals surface area contributed by atoms with E-state index in [0.29, 0.717) is 11.5 Å². The van der Waals surface area contributed by atoms with E-state index >= 15 is 0 Å². The third-order valence-corrected chi connectivity index (χ3v) is 4.72. The zero-order chi connectivity index (χ0) is 17.2. The molecule has 5 nitrogen and oxygen atoms in total. The van der Waals surface area contributed by atoms with E-state index in [2.05, 4.69) is 16.0 Å². The highest BCUT2D eigenvalue weighted by Crippen LogP contribution is 2.31. The Morgan fingerprint density at radius 2 is 2.04 bits per heavy atom. The van der Waals surface area contributed by atoms with Crippen LogP contribution in [0.4, 0.5) is 0 Å².